The van der Waals surface area contributed by atoms with Crippen LogP contribution in [0.2, 0.25) is 18.1 Å². The second-order valence-corrected chi connectivity index (χ2v) is 10.7. The van der Waals surface area contributed by atoms with Gasteiger partial charge in [-0.2, -0.15) is 0 Å². The minimum absolute atomic E-state index is 0.0361. The van der Waals surface area contributed by atoms with Gasteiger partial charge in [0, 0.05) is 6.42 Å². The van der Waals surface area contributed by atoms with Crippen LogP contribution >= 0.6 is 0 Å². The predicted molar refractivity (Wildman–Crippen MR) is 66.8 cm³/mol. The molecule has 1 rings (SSSR count). The smallest absolute Gasteiger partial charge is 0.192 e. The molecule has 1 N–H and O–H groups in total. The summed E-state index contributed by atoms with van der Waals surface area (Å²) in [7, 11) is -1.91. The van der Waals surface area contributed by atoms with Gasteiger partial charge in [0.2, 0.25) is 0 Å². The molecule has 0 saturated carbocycles. The quantitative estimate of drug-likeness (QED) is 0.756. The zero-order chi connectivity index (χ0) is 12.6. The van der Waals surface area contributed by atoms with Gasteiger partial charge in [0.05, 0.1) is 12.2 Å². The summed E-state index contributed by atoms with van der Waals surface area (Å²) in [6.07, 6.45) is 2.26. The Hall–Kier alpha value is -0.453. The first-order valence-electron chi connectivity index (χ1n) is 5.70. The van der Waals surface area contributed by atoms with Gasteiger partial charge in [0.1, 0.15) is 0 Å². The van der Waals surface area contributed by atoms with Crippen molar-refractivity contribution in [1.82, 2.24) is 0 Å². The highest BCUT2D eigenvalue weighted by Gasteiger charge is 2.41. The first kappa shape index (κ1) is 13.6. The Morgan fingerprint density at radius 1 is 1.44 bits per heavy atom. The highest BCUT2D eigenvalue weighted by atomic mass is 28.4. The molecule has 0 heterocycles. The molecule has 0 unspecified atom stereocenters. The Kier molecular flexibility index (Phi) is 3.77. The van der Waals surface area contributed by atoms with Crippen LogP contribution in [0.4, 0.5) is 0 Å². The van der Waals surface area contributed by atoms with Crippen molar-refractivity contribution in [1.29, 1.82) is 0 Å². The lowest BCUT2D eigenvalue weighted by Gasteiger charge is -2.40. The molecule has 3 nitrogen and oxygen atoms in total. The Bertz CT molecular complexity index is 302. The molecule has 1 aliphatic rings. The second kappa shape index (κ2) is 4.43. The molecule has 0 aromatic heterocycles. The minimum atomic E-state index is -1.91. The van der Waals surface area contributed by atoms with E-state index in [1.54, 1.807) is 0 Å². The molecule has 16 heavy (non-hydrogen) atoms. The third-order valence-corrected chi connectivity index (χ3v) is 8.02. The lowest BCUT2D eigenvalue weighted by molar-refractivity contribution is -0.118. The number of hydrogen-bond donors (Lipinski definition) is 1. The normalized spacial score (nSPS) is 27.2. The van der Waals surface area contributed by atoms with Crippen LogP contribution in [-0.2, 0) is 9.22 Å². The first-order valence-corrected chi connectivity index (χ1v) is 8.61. The first-order chi connectivity index (χ1) is 7.13. The minimum Gasteiger partial charge on any atom is -0.410 e. The molecule has 4 heteroatoms. The molecule has 2 atom stereocenters. The molecule has 92 valence electrons. The van der Waals surface area contributed by atoms with E-state index >= 15 is 0 Å². The maximum absolute atomic E-state index is 11.3. The van der Waals surface area contributed by atoms with Crippen LogP contribution < -0.4 is 0 Å². The van der Waals surface area contributed by atoms with Gasteiger partial charge in [-0.25, -0.2) is 0 Å². The van der Waals surface area contributed by atoms with E-state index < -0.39 is 14.4 Å². The molecule has 0 saturated heterocycles. The molecular weight excluding hydrogens is 220 g/mol. The molecule has 0 radical (unpaired) electrons. The van der Waals surface area contributed by atoms with E-state index in [-0.39, 0.29) is 16.9 Å². The van der Waals surface area contributed by atoms with Crippen LogP contribution in [0, 0.1) is 0 Å². The SMILES string of the molecule is CC(C)(C)[Si](C)(C)O[C@@H]1CC(=O)C=C[C@H]1O. The molecule has 0 fully saturated rings. The summed E-state index contributed by atoms with van der Waals surface area (Å²) in [6, 6.07) is 0. The summed E-state index contributed by atoms with van der Waals surface area (Å²) < 4.78 is 6.04. The molecule has 0 bridgehead atoms. The fourth-order valence-corrected chi connectivity index (χ4v) is 2.72. The summed E-state index contributed by atoms with van der Waals surface area (Å²) >= 11 is 0. The number of allylic oxidation sites excluding steroid dienone is 1. The second-order valence-electron chi connectivity index (χ2n) is 5.94. The third-order valence-electron chi connectivity index (χ3n) is 3.51. The monoisotopic (exact) mass is 242 g/mol. The number of carbonyl (C=O) groups is 1. The van der Waals surface area contributed by atoms with Crippen molar-refractivity contribution in [2.45, 2.75) is 57.5 Å². The van der Waals surface area contributed by atoms with Gasteiger partial charge in [0.15, 0.2) is 14.1 Å². The van der Waals surface area contributed by atoms with E-state index in [0.717, 1.165) is 0 Å². The predicted octanol–water partition coefficient (Wildman–Crippen LogP) is 2.27. The van der Waals surface area contributed by atoms with Gasteiger partial charge in [-0.3, -0.25) is 4.79 Å². The Labute approximate surface area is 98.6 Å². The number of rotatable bonds is 2. The average Bonchev–Trinajstić information content (AvgIpc) is 2.09. The molecular formula is C12H22O3Si. The molecule has 0 amide bonds. The van der Waals surface area contributed by atoms with E-state index in [1.165, 1.54) is 12.2 Å². The zero-order valence-corrected chi connectivity index (χ0v) is 11.8. The number of ketones is 1. The van der Waals surface area contributed by atoms with Crippen LogP contribution in [0.15, 0.2) is 12.2 Å². The fourth-order valence-electron chi connectivity index (χ4n) is 1.38. The molecule has 0 aliphatic heterocycles. The van der Waals surface area contributed by atoms with Crippen molar-refractivity contribution in [3.63, 3.8) is 0 Å². The lowest BCUT2D eigenvalue weighted by Crippen LogP contribution is -2.48. The van der Waals surface area contributed by atoms with Crippen molar-refractivity contribution >= 4 is 14.1 Å². The Morgan fingerprint density at radius 2 is 2.00 bits per heavy atom. The largest absolute Gasteiger partial charge is 0.410 e. The van der Waals surface area contributed by atoms with Crippen LogP contribution in [0.5, 0.6) is 0 Å². The fraction of sp³-hybridized carbons (Fsp3) is 0.750. The summed E-state index contributed by atoms with van der Waals surface area (Å²) in [5.74, 6) is 0.0361. The number of carbonyl (C=O) groups excluding carboxylic acids is 1. The summed E-state index contributed by atoms with van der Waals surface area (Å²) in [5.41, 5.74) is 0. The van der Waals surface area contributed by atoms with Gasteiger partial charge < -0.3 is 9.53 Å². The number of aliphatic hydroxyl groups is 1. The lowest BCUT2D eigenvalue weighted by atomic mass is 10.0. The summed E-state index contributed by atoms with van der Waals surface area (Å²) in [4.78, 5) is 11.3. The van der Waals surface area contributed by atoms with Gasteiger partial charge in [-0.15, -0.1) is 0 Å². The molecule has 1 aliphatic carbocycles. The highest BCUT2D eigenvalue weighted by molar-refractivity contribution is 6.74. The highest BCUT2D eigenvalue weighted by Crippen LogP contribution is 2.38. The maximum atomic E-state index is 11.3. The Morgan fingerprint density at radius 3 is 2.50 bits per heavy atom. The summed E-state index contributed by atoms with van der Waals surface area (Å²) in [5, 5.41) is 9.87. The van der Waals surface area contributed by atoms with Crippen molar-refractivity contribution < 1.29 is 14.3 Å². The standard InChI is InChI=1S/C12H22O3Si/c1-12(2,3)16(4,5)15-11-8-9(13)6-7-10(11)14/h6-7,10-11,14H,8H2,1-5H3/t10-,11-/m1/s1. The average molecular weight is 242 g/mol. The van der Waals surface area contributed by atoms with Crippen molar-refractivity contribution in [3.05, 3.63) is 12.2 Å². The van der Waals surface area contributed by atoms with Crippen molar-refractivity contribution in [3.8, 4) is 0 Å². The van der Waals surface area contributed by atoms with E-state index in [4.69, 9.17) is 4.43 Å². The van der Waals surface area contributed by atoms with Crippen molar-refractivity contribution in [2.24, 2.45) is 0 Å². The van der Waals surface area contributed by atoms with Gasteiger partial charge in [0.25, 0.3) is 0 Å². The van der Waals surface area contributed by atoms with Crippen LogP contribution in [-0.4, -0.2) is 31.4 Å². The third kappa shape index (κ3) is 3.03. The number of hydrogen-bond acceptors (Lipinski definition) is 3. The van der Waals surface area contributed by atoms with E-state index in [9.17, 15) is 9.90 Å². The summed E-state index contributed by atoms with van der Waals surface area (Å²) in [6.45, 7) is 10.7. The van der Waals surface area contributed by atoms with Crippen LogP contribution in [0.1, 0.15) is 27.2 Å². The van der Waals surface area contributed by atoms with Gasteiger partial charge in [-0.05, 0) is 24.2 Å². The van der Waals surface area contributed by atoms with E-state index in [1.807, 2.05) is 0 Å². The number of aliphatic hydroxyl groups excluding tert-OH is 1. The van der Waals surface area contributed by atoms with E-state index in [2.05, 4.69) is 33.9 Å². The van der Waals surface area contributed by atoms with Crippen LogP contribution in [0.3, 0.4) is 0 Å². The molecule has 0 aromatic rings. The topological polar surface area (TPSA) is 46.5 Å². The van der Waals surface area contributed by atoms with Gasteiger partial charge >= 0.3 is 0 Å². The molecule has 0 aromatic carbocycles. The zero-order valence-electron chi connectivity index (χ0n) is 10.8. The maximum Gasteiger partial charge on any atom is 0.192 e. The molecule has 0 spiro atoms. The van der Waals surface area contributed by atoms with Crippen LogP contribution in [0.25, 0.3) is 0 Å². The Balaban J connectivity index is 2.74. The van der Waals surface area contributed by atoms with Gasteiger partial charge in [-0.1, -0.05) is 26.8 Å². The van der Waals surface area contributed by atoms with E-state index in [0.29, 0.717) is 6.42 Å². The van der Waals surface area contributed by atoms with Crippen molar-refractivity contribution in [2.75, 3.05) is 0 Å².